The number of carboxylic acid groups (broad SMARTS) is 1. The van der Waals surface area contributed by atoms with Crippen molar-refractivity contribution in [2.45, 2.75) is 24.9 Å². The van der Waals surface area contributed by atoms with Gasteiger partial charge in [-0.05, 0) is 31.0 Å². The minimum absolute atomic E-state index is 0.00699. The Kier molecular flexibility index (Phi) is 6.54. The number of carboxylic acids is 1. The van der Waals surface area contributed by atoms with E-state index in [0.717, 1.165) is 17.3 Å². The van der Waals surface area contributed by atoms with Crippen molar-refractivity contribution in [1.29, 1.82) is 0 Å². The lowest BCUT2D eigenvalue weighted by Gasteiger charge is -2.08. The average molecular weight is 382 g/mol. The number of carbonyl (C=O) groups excluding carboxylic acids is 2. The molecule has 2 aromatic rings. The summed E-state index contributed by atoms with van der Waals surface area (Å²) in [6.07, 6.45) is -0.379. The Morgan fingerprint density at radius 1 is 1.36 bits per heavy atom. The van der Waals surface area contributed by atoms with Crippen LogP contribution < -0.4 is 16.0 Å². The summed E-state index contributed by atoms with van der Waals surface area (Å²) in [7, 11) is 0. The van der Waals surface area contributed by atoms with Gasteiger partial charge in [0, 0.05) is 23.1 Å². The monoisotopic (exact) mass is 381 g/mol. The molecule has 8 nitrogen and oxygen atoms in total. The maximum absolute atomic E-state index is 12.0. The molecule has 1 aromatic carbocycles. The van der Waals surface area contributed by atoms with E-state index in [9.17, 15) is 19.5 Å². The van der Waals surface area contributed by atoms with E-state index in [1.807, 2.05) is 6.92 Å². The van der Waals surface area contributed by atoms with Crippen molar-refractivity contribution in [3.63, 3.8) is 0 Å². The van der Waals surface area contributed by atoms with Crippen molar-refractivity contribution in [2.75, 3.05) is 11.1 Å². The van der Waals surface area contributed by atoms with Crippen LogP contribution in [0.15, 0.2) is 28.2 Å². The summed E-state index contributed by atoms with van der Waals surface area (Å²) in [5, 5.41) is 21.2. The number of H-pyrrole nitrogens is 1. The van der Waals surface area contributed by atoms with Crippen molar-refractivity contribution in [3.8, 4) is 0 Å². The molecule has 2 N–H and O–H groups in total. The molecule has 132 valence electrons. The van der Waals surface area contributed by atoms with Crippen molar-refractivity contribution in [3.05, 3.63) is 44.8 Å². The van der Waals surface area contributed by atoms with Crippen LogP contribution in [0.3, 0.4) is 0 Å². The zero-order chi connectivity index (χ0) is 18.4. The molecule has 0 fully saturated rings. The first-order valence-corrected chi connectivity index (χ1v) is 8.56. The van der Waals surface area contributed by atoms with Crippen LogP contribution in [0.4, 0.5) is 5.69 Å². The smallest absolute Gasteiger partial charge is 0.273 e. The fourth-order valence-corrected chi connectivity index (χ4v) is 2.62. The van der Waals surface area contributed by atoms with E-state index in [4.69, 9.17) is 11.6 Å². The zero-order valence-corrected chi connectivity index (χ0v) is 14.7. The van der Waals surface area contributed by atoms with Crippen molar-refractivity contribution >= 4 is 40.9 Å². The summed E-state index contributed by atoms with van der Waals surface area (Å²) in [5.74, 6) is -1.55. The fourth-order valence-electron chi connectivity index (χ4n) is 1.84. The first kappa shape index (κ1) is 18.9. The number of aliphatic carboxylic acids is 1. The maximum Gasteiger partial charge on any atom is 0.273 e. The Balaban J connectivity index is 1.93. The van der Waals surface area contributed by atoms with Crippen LogP contribution in [0.5, 0.6) is 0 Å². The molecule has 1 aromatic heterocycles. The van der Waals surface area contributed by atoms with Crippen LogP contribution >= 0.6 is 23.4 Å². The number of nitrogens with one attached hydrogen (secondary N) is 2. The number of aromatic nitrogens is 3. The minimum atomic E-state index is -1.27. The molecule has 0 aliphatic carbocycles. The molecule has 0 unspecified atom stereocenters. The lowest BCUT2D eigenvalue weighted by Crippen LogP contribution is -2.25. The van der Waals surface area contributed by atoms with Gasteiger partial charge in [-0.2, -0.15) is 0 Å². The molecule has 0 radical (unpaired) electrons. The van der Waals surface area contributed by atoms with Crippen LogP contribution in [0, 0.1) is 6.92 Å². The van der Waals surface area contributed by atoms with E-state index < -0.39 is 11.5 Å². The second-order valence-corrected chi connectivity index (χ2v) is 6.47. The summed E-state index contributed by atoms with van der Waals surface area (Å²) in [6.45, 7) is 1.84. The van der Waals surface area contributed by atoms with E-state index in [0.29, 0.717) is 10.7 Å². The standard InChI is InChI=1S/C15H15ClN4O4S/c1-8-2-3-9(16)6-11(8)17-12(21)7-25-15-18-14(24)10(19-20-15)4-5-13(22)23/h2-3,6H,4-5,7H2,1H3,(H,17,21)(H,22,23)(H,18,20,24)/p-1. The number of thioether (sulfide) groups is 1. The summed E-state index contributed by atoms with van der Waals surface area (Å²) in [5.41, 5.74) is 0.945. The number of hydrogen-bond acceptors (Lipinski definition) is 7. The second-order valence-electron chi connectivity index (χ2n) is 5.07. The van der Waals surface area contributed by atoms with Crippen LogP contribution in [-0.4, -0.2) is 32.8 Å². The number of halogens is 1. The Labute approximate surface area is 152 Å². The van der Waals surface area contributed by atoms with E-state index in [1.54, 1.807) is 18.2 Å². The molecular formula is C15H14ClN4O4S-. The van der Waals surface area contributed by atoms with Crippen LogP contribution in [0.25, 0.3) is 0 Å². The van der Waals surface area contributed by atoms with Crippen molar-refractivity contribution < 1.29 is 14.7 Å². The summed E-state index contributed by atoms with van der Waals surface area (Å²) in [6, 6.07) is 5.16. The van der Waals surface area contributed by atoms with E-state index in [2.05, 4.69) is 20.5 Å². The van der Waals surface area contributed by atoms with Gasteiger partial charge in [-0.3, -0.25) is 14.6 Å². The van der Waals surface area contributed by atoms with Gasteiger partial charge < -0.3 is 15.2 Å². The molecule has 1 heterocycles. The third-order valence-electron chi connectivity index (χ3n) is 3.12. The van der Waals surface area contributed by atoms with E-state index >= 15 is 0 Å². The minimum Gasteiger partial charge on any atom is -0.550 e. The summed E-state index contributed by atoms with van der Waals surface area (Å²) < 4.78 is 0. The molecule has 0 bridgehead atoms. The van der Waals surface area contributed by atoms with E-state index in [-0.39, 0.29) is 35.4 Å². The fraction of sp³-hybridized carbons (Fsp3) is 0.267. The molecule has 0 saturated carbocycles. The van der Waals surface area contributed by atoms with Crippen molar-refractivity contribution in [1.82, 2.24) is 15.2 Å². The number of anilines is 1. The zero-order valence-electron chi connectivity index (χ0n) is 13.2. The molecule has 1 amide bonds. The quantitative estimate of drug-likeness (QED) is 0.670. The number of aromatic amines is 1. The molecule has 25 heavy (non-hydrogen) atoms. The van der Waals surface area contributed by atoms with Crippen LogP contribution in [0.1, 0.15) is 17.7 Å². The number of benzene rings is 1. The third-order valence-corrected chi connectivity index (χ3v) is 4.22. The van der Waals surface area contributed by atoms with Crippen molar-refractivity contribution in [2.24, 2.45) is 0 Å². The number of amides is 1. The Bertz CT molecular complexity index is 856. The molecule has 0 aliphatic rings. The van der Waals surface area contributed by atoms with Gasteiger partial charge >= 0.3 is 0 Å². The predicted octanol–water partition coefficient (Wildman–Crippen LogP) is 0.540. The molecule has 0 saturated heterocycles. The van der Waals surface area contributed by atoms with Gasteiger partial charge in [0.1, 0.15) is 5.69 Å². The van der Waals surface area contributed by atoms with Gasteiger partial charge in [0.25, 0.3) is 5.56 Å². The maximum atomic E-state index is 12.0. The highest BCUT2D eigenvalue weighted by Crippen LogP contribution is 2.20. The summed E-state index contributed by atoms with van der Waals surface area (Å²) in [4.78, 5) is 36.6. The largest absolute Gasteiger partial charge is 0.550 e. The van der Waals surface area contributed by atoms with Crippen LogP contribution in [0.2, 0.25) is 5.02 Å². The first-order valence-electron chi connectivity index (χ1n) is 7.19. The second kappa shape index (κ2) is 8.63. The highest BCUT2D eigenvalue weighted by atomic mass is 35.5. The number of rotatable bonds is 7. The molecule has 2 rings (SSSR count). The van der Waals surface area contributed by atoms with Gasteiger partial charge in [0.2, 0.25) is 5.91 Å². The van der Waals surface area contributed by atoms with Gasteiger partial charge in [-0.25, -0.2) is 0 Å². The normalized spacial score (nSPS) is 10.5. The number of aryl methyl sites for hydroxylation is 2. The Hall–Kier alpha value is -2.39. The van der Waals surface area contributed by atoms with E-state index in [1.165, 1.54) is 0 Å². The van der Waals surface area contributed by atoms with Gasteiger partial charge in [-0.1, -0.05) is 29.4 Å². The average Bonchev–Trinajstić information content (AvgIpc) is 2.55. The number of nitrogens with zero attached hydrogens (tertiary/aromatic N) is 2. The van der Waals surface area contributed by atoms with Crippen LogP contribution in [-0.2, 0) is 16.0 Å². The highest BCUT2D eigenvalue weighted by molar-refractivity contribution is 7.99. The number of carbonyl (C=O) groups is 2. The lowest BCUT2D eigenvalue weighted by molar-refractivity contribution is -0.305. The molecule has 10 heteroatoms. The molecule has 0 spiro atoms. The van der Waals surface area contributed by atoms with Gasteiger partial charge in [-0.15, -0.1) is 10.2 Å². The predicted molar refractivity (Wildman–Crippen MR) is 91.5 cm³/mol. The van der Waals surface area contributed by atoms with Gasteiger partial charge in [0.15, 0.2) is 5.16 Å². The molecule has 0 aliphatic heterocycles. The first-order chi connectivity index (χ1) is 11.8. The lowest BCUT2D eigenvalue weighted by atomic mass is 10.2. The Morgan fingerprint density at radius 2 is 2.12 bits per heavy atom. The third kappa shape index (κ3) is 5.87. The number of hydrogen-bond donors (Lipinski definition) is 2. The molecular weight excluding hydrogens is 368 g/mol. The topological polar surface area (TPSA) is 128 Å². The SMILES string of the molecule is Cc1ccc(Cl)cc1NC(=O)CSc1nnc(CCC(=O)[O-])c(=O)[nH]1. The molecule has 0 atom stereocenters. The van der Waals surface area contributed by atoms with Gasteiger partial charge in [0.05, 0.1) is 5.75 Å². The highest BCUT2D eigenvalue weighted by Gasteiger charge is 2.10. The summed E-state index contributed by atoms with van der Waals surface area (Å²) >= 11 is 6.90. The Morgan fingerprint density at radius 3 is 2.80 bits per heavy atom.